The lowest BCUT2D eigenvalue weighted by molar-refractivity contribution is 1.05. The fraction of sp³-hybridized carbons (Fsp3) is 0.250. The van der Waals surface area contributed by atoms with Crippen LogP contribution in [-0.4, -0.2) is 4.98 Å². The molecular formula is C12H13ClN2S. The molecule has 1 N–H and O–H groups in total. The summed E-state index contributed by atoms with van der Waals surface area (Å²) >= 11 is 7.55. The number of aryl methyl sites for hydroxylation is 1. The Hall–Kier alpha value is -1.06. The molecule has 0 radical (unpaired) electrons. The van der Waals surface area contributed by atoms with Gasteiger partial charge in [-0.05, 0) is 24.1 Å². The van der Waals surface area contributed by atoms with Crippen LogP contribution in [0.2, 0.25) is 5.02 Å². The van der Waals surface area contributed by atoms with Crippen LogP contribution in [0.1, 0.15) is 18.2 Å². The van der Waals surface area contributed by atoms with Gasteiger partial charge in [-0.1, -0.05) is 30.7 Å². The van der Waals surface area contributed by atoms with Crippen LogP contribution < -0.4 is 5.32 Å². The van der Waals surface area contributed by atoms with E-state index in [9.17, 15) is 0 Å². The quantitative estimate of drug-likeness (QED) is 0.891. The summed E-state index contributed by atoms with van der Waals surface area (Å²) in [5, 5.41) is 7.12. The van der Waals surface area contributed by atoms with Crippen molar-refractivity contribution < 1.29 is 0 Å². The van der Waals surface area contributed by atoms with E-state index in [1.54, 1.807) is 11.3 Å². The maximum Gasteiger partial charge on any atom is 0.183 e. The van der Waals surface area contributed by atoms with Crippen molar-refractivity contribution in [2.75, 3.05) is 5.32 Å². The van der Waals surface area contributed by atoms with Crippen LogP contribution >= 0.6 is 22.9 Å². The second-order valence-electron chi connectivity index (χ2n) is 3.48. The highest BCUT2D eigenvalue weighted by Gasteiger charge is 2.00. The van der Waals surface area contributed by atoms with E-state index in [-0.39, 0.29) is 0 Å². The Balaban J connectivity index is 1.96. The summed E-state index contributed by atoms with van der Waals surface area (Å²) in [5.74, 6) is 0. The van der Waals surface area contributed by atoms with Gasteiger partial charge in [-0.3, -0.25) is 0 Å². The van der Waals surface area contributed by atoms with Gasteiger partial charge in [0.15, 0.2) is 5.13 Å². The molecule has 0 unspecified atom stereocenters. The number of aromatic nitrogens is 1. The minimum Gasteiger partial charge on any atom is -0.357 e. The number of anilines is 1. The lowest BCUT2D eigenvalue weighted by Gasteiger charge is -2.02. The fourth-order valence-corrected chi connectivity index (χ4v) is 2.38. The molecule has 0 aliphatic rings. The molecule has 2 rings (SSSR count). The van der Waals surface area contributed by atoms with Gasteiger partial charge >= 0.3 is 0 Å². The summed E-state index contributed by atoms with van der Waals surface area (Å²) in [4.78, 5) is 4.44. The average Bonchev–Trinajstić information content (AvgIpc) is 2.74. The monoisotopic (exact) mass is 252 g/mol. The van der Waals surface area contributed by atoms with Gasteiger partial charge in [0.1, 0.15) is 0 Å². The SMILES string of the molecule is CCc1csc(NCc2cccc(Cl)c2)n1. The number of nitrogens with zero attached hydrogens (tertiary/aromatic N) is 1. The molecule has 0 spiro atoms. The molecule has 0 saturated heterocycles. The van der Waals surface area contributed by atoms with Gasteiger partial charge in [0.2, 0.25) is 0 Å². The number of halogens is 1. The second-order valence-corrected chi connectivity index (χ2v) is 4.78. The highest BCUT2D eigenvalue weighted by molar-refractivity contribution is 7.13. The molecule has 0 aliphatic carbocycles. The molecule has 2 aromatic rings. The highest BCUT2D eigenvalue weighted by Crippen LogP contribution is 2.17. The van der Waals surface area contributed by atoms with Gasteiger partial charge in [-0.2, -0.15) is 0 Å². The van der Waals surface area contributed by atoms with Gasteiger partial charge in [0, 0.05) is 16.9 Å². The Morgan fingerprint density at radius 1 is 1.44 bits per heavy atom. The maximum absolute atomic E-state index is 5.91. The van der Waals surface area contributed by atoms with Gasteiger partial charge < -0.3 is 5.32 Å². The molecule has 0 saturated carbocycles. The summed E-state index contributed by atoms with van der Waals surface area (Å²) in [6.07, 6.45) is 0.981. The van der Waals surface area contributed by atoms with Crippen molar-refractivity contribution in [3.8, 4) is 0 Å². The molecule has 2 nitrogen and oxygen atoms in total. The van der Waals surface area contributed by atoms with Crippen molar-refractivity contribution in [2.24, 2.45) is 0 Å². The summed E-state index contributed by atoms with van der Waals surface area (Å²) in [5.41, 5.74) is 2.30. The number of benzene rings is 1. The van der Waals surface area contributed by atoms with Crippen molar-refractivity contribution in [3.05, 3.63) is 45.9 Å². The summed E-state index contributed by atoms with van der Waals surface area (Å²) in [6.45, 7) is 2.87. The molecule has 1 aromatic heterocycles. The van der Waals surface area contributed by atoms with E-state index in [1.807, 2.05) is 24.3 Å². The number of hydrogen-bond acceptors (Lipinski definition) is 3. The van der Waals surface area contributed by atoms with Crippen LogP contribution in [0.3, 0.4) is 0 Å². The van der Waals surface area contributed by atoms with E-state index < -0.39 is 0 Å². The Morgan fingerprint density at radius 2 is 2.31 bits per heavy atom. The molecule has 0 fully saturated rings. The van der Waals surface area contributed by atoms with Crippen molar-refractivity contribution in [1.29, 1.82) is 0 Å². The van der Waals surface area contributed by atoms with Gasteiger partial charge in [-0.25, -0.2) is 4.98 Å². The highest BCUT2D eigenvalue weighted by atomic mass is 35.5. The van der Waals surface area contributed by atoms with E-state index in [1.165, 1.54) is 5.56 Å². The predicted molar refractivity (Wildman–Crippen MR) is 70.3 cm³/mol. The second kappa shape index (κ2) is 5.32. The molecule has 0 atom stereocenters. The average molecular weight is 253 g/mol. The van der Waals surface area contributed by atoms with Crippen LogP contribution in [0.25, 0.3) is 0 Å². The van der Waals surface area contributed by atoms with Crippen LogP contribution in [0, 0.1) is 0 Å². The smallest absolute Gasteiger partial charge is 0.183 e. The first-order chi connectivity index (χ1) is 7.78. The first-order valence-electron chi connectivity index (χ1n) is 5.20. The van der Waals surface area contributed by atoms with Crippen molar-refractivity contribution in [2.45, 2.75) is 19.9 Å². The normalized spacial score (nSPS) is 10.4. The molecule has 0 bridgehead atoms. The zero-order valence-electron chi connectivity index (χ0n) is 9.03. The third-order valence-corrected chi connectivity index (χ3v) is 3.33. The minimum atomic E-state index is 0.761. The fourth-order valence-electron chi connectivity index (χ4n) is 1.38. The Kier molecular flexibility index (Phi) is 3.80. The molecule has 1 heterocycles. The topological polar surface area (TPSA) is 24.9 Å². The number of nitrogens with one attached hydrogen (secondary N) is 1. The van der Waals surface area contributed by atoms with E-state index in [0.717, 1.165) is 28.8 Å². The van der Waals surface area contributed by atoms with E-state index in [4.69, 9.17) is 11.6 Å². The Morgan fingerprint density at radius 3 is 3.00 bits per heavy atom. The number of hydrogen-bond donors (Lipinski definition) is 1. The van der Waals surface area contributed by atoms with Crippen LogP contribution in [0.4, 0.5) is 5.13 Å². The van der Waals surface area contributed by atoms with E-state index in [2.05, 4.69) is 22.6 Å². The number of rotatable bonds is 4. The standard InChI is InChI=1S/C12H13ClN2S/c1-2-11-8-16-12(15-11)14-7-9-4-3-5-10(13)6-9/h3-6,8H,2,7H2,1H3,(H,14,15). The zero-order chi connectivity index (χ0) is 11.4. The van der Waals surface area contributed by atoms with Gasteiger partial charge in [0.05, 0.1) is 5.69 Å². The first kappa shape index (κ1) is 11.4. The molecule has 16 heavy (non-hydrogen) atoms. The molecular weight excluding hydrogens is 240 g/mol. The van der Waals surface area contributed by atoms with Crippen LogP contribution in [0.5, 0.6) is 0 Å². The summed E-state index contributed by atoms with van der Waals surface area (Å²) in [6, 6.07) is 7.85. The van der Waals surface area contributed by atoms with Crippen LogP contribution in [0.15, 0.2) is 29.6 Å². The number of thiazole rings is 1. The largest absolute Gasteiger partial charge is 0.357 e. The van der Waals surface area contributed by atoms with Crippen LogP contribution in [-0.2, 0) is 13.0 Å². The lowest BCUT2D eigenvalue weighted by Crippen LogP contribution is -1.98. The lowest BCUT2D eigenvalue weighted by atomic mass is 10.2. The minimum absolute atomic E-state index is 0.761. The summed E-state index contributed by atoms with van der Waals surface area (Å²) in [7, 11) is 0. The predicted octanol–water partition coefficient (Wildman–Crippen LogP) is 3.97. The third kappa shape index (κ3) is 2.97. The molecule has 1 aromatic carbocycles. The zero-order valence-corrected chi connectivity index (χ0v) is 10.6. The molecule has 84 valence electrons. The summed E-state index contributed by atoms with van der Waals surface area (Å²) < 4.78 is 0. The molecule has 0 aliphatic heterocycles. The van der Waals surface area contributed by atoms with Gasteiger partial charge in [0.25, 0.3) is 0 Å². The van der Waals surface area contributed by atoms with E-state index in [0.29, 0.717) is 0 Å². The Labute approximate surface area is 104 Å². The first-order valence-corrected chi connectivity index (χ1v) is 6.46. The van der Waals surface area contributed by atoms with Crippen molar-refractivity contribution in [3.63, 3.8) is 0 Å². The van der Waals surface area contributed by atoms with Crippen molar-refractivity contribution >= 4 is 28.1 Å². The molecule has 4 heteroatoms. The maximum atomic E-state index is 5.91. The molecule has 0 amide bonds. The van der Waals surface area contributed by atoms with E-state index >= 15 is 0 Å². The Bertz CT molecular complexity index is 468. The van der Waals surface area contributed by atoms with Crippen molar-refractivity contribution in [1.82, 2.24) is 4.98 Å². The van der Waals surface area contributed by atoms with Gasteiger partial charge in [-0.15, -0.1) is 11.3 Å². The third-order valence-electron chi connectivity index (χ3n) is 2.25.